The monoisotopic (exact) mass is 350 g/mol. The van der Waals surface area contributed by atoms with Gasteiger partial charge in [-0.15, -0.1) is 12.4 Å². The second kappa shape index (κ2) is 8.54. The zero-order chi connectivity index (χ0) is 16.2. The zero-order valence-electron chi connectivity index (χ0n) is 14.1. The summed E-state index contributed by atoms with van der Waals surface area (Å²) < 4.78 is 0. The third-order valence-corrected chi connectivity index (χ3v) is 5.07. The van der Waals surface area contributed by atoms with Crippen LogP contribution < -0.4 is 10.6 Å². The van der Waals surface area contributed by atoms with Crippen molar-refractivity contribution in [1.82, 2.24) is 10.6 Å². The van der Waals surface area contributed by atoms with Gasteiger partial charge in [-0.05, 0) is 50.5 Å². The molecule has 0 spiro atoms. The highest BCUT2D eigenvalue weighted by atomic mass is 35.5. The standard InChI is InChI=1S/C19H26N2O2.ClH/c1-13(11-14-5-3-2-4-6-14)17-12-18(17)20-15-7-9-16(10-8-15)21-19(22)23;/h2-6,11,15-18,20-21H,7-10,12H2,1H3,(H,22,23);1H/b13-11+;/t15-,16-,17-,18+;/m1./s1. The van der Waals surface area contributed by atoms with E-state index in [0.29, 0.717) is 18.0 Å². The minimum Gasteiger partial charge on any atom is -0.465 e. The first-order chi connectivity index (χ1) is 11.1. The van der Waals surface area contributed by atoms with Crippen molar-refractivity contribution in [2.24, 2.45) is 5.92 Å². The average Bonchev–Trinajstić information content (AvgIpc) is 3.29. The number of benzene rings is 1. The van der Waals surface area contributed by atoms with Gasteiger partial charge >= 0.3 is 6.09 Å². The second-order valence-corrected chi connectivity index (χ2v) is 6.91. The number of nitrogens with one attached hydrogen (secondary N) is 2. The van der Waals surface area contributed by atoms with Crippen LogP contribution in [0.3, 0.4) is 0 Å². The molecule has 1 aromatic rings. The summed E-state index contributed by atoms with van der Waals surface area (Å²) in [6.45, 7) is 2.23. The first-order valence-electron chi connectivity index (χ1n) is 8.60. The molecule has 2 saturated carbocycles. The lowest BCUT2D eigenvalue weighted by atomic mass is 9.91. The maximum absolute atomic E-state index is 10.7. The van der Waals surface area contributed by atoms with E-state index in [1.165, 1.54) is 17.6 Å². The molecular weight excluding hydrogens is 324 g/mol. The maximum Gasteiger partial charge on any atom is 0.404 e. The molecule has 2 aliphatic carbocycles. The molecule has 2 atom stereocenters. The van der Waals surface area contributed by atoms with Crippen LogP contribution in [0.5, 0.6) is 0 Å². The molecule has 24 heavy (non-hydrogen) atoms. The fourth-order valence-electron chi connectivity index (χ4n) is 3.68. The van der Waals surface area contributed by atoms with Crippen LogP contribution in [0.2, 0.25) is 0 Å². The van der Waals surface area contributed by atoms with Gasteiger partial charge in [-0.3, -0.25) is 0 Å². The van der Waals surface area contributed by atoms with Gasteiger partial charge in [-0.2, -0.15) is 0 Å². The Labute approximate surface area is 150 Å². The summed E-state index contributed by atoms with van der Waals surface area (Å²) >= 11 is 0. The zero-order valence-corrected chi connectivity index (χ0v) is 14.9. The van der Waals surface area contributed by atoms with Crippen LogP contribution >= 0.6 is 12.4 Å². The number of hydrogen-bond donors (Lipinski definition) is 3. The number of rotatable bonds is 5. The number of carboxylic acid groups (broad SMARTS) is 1. The molecule has 0 saturated heterocycles. The van der Waals surface area contributed by atoms with Crippen LogP contribution in [-0.2, 0) is 0 Å². The maximum atomic E-state index is 10.7. The molecule has 0 aliphatic heterocycles. The van der Waals surface area contributed by atoms with E-state index in [1.807, 2.05) is 6.07 Å². The van der Waals surface area contributed by atoms with Gasteiger partial charge in [0.1, 0.15) is 0 Å². The van der Waals surface area contributed by atoms with Crippen LogP contribution in [0.4, 0.5) is 4.79 Å². The van der Waals surface area contributed by atoms with E-state index in [-0.39, 0.29) is 18.4 Å². The average molecular weight is 351 g/mol. The lowest BCUT2D eigenvalue weighted by Crippen LogP contribution is -2.42. The van der Waals surface area contributed by atoms with Crippen molar-refractivity contribution < 1.29 is 9.90 Å². The Morgan fingerprint density at radius 3 is 2.38 bits per heavy atom. The first-order valence-corrected chi connectivity index (χ1v) is 8.60. The van der Waals surface area contributed by atoms with Gasteiger partial charge in [-0.25, -0.2) is 4.79 Å². The highest BCUT2D eigenvalue weighted by Gasteiger charge is 2.39. The highest BCUT2D eigenvalue weighted by Crippen LogP contribution is 2.39. The smallest absolute Gasteiger partial charge is 0.404 e. The van der Waals surface area contributed by atoms with E-state index in [0.717, 1.165) is 25.7 Å². The Morgan fingerprint density at radius 1 is 1.12 bits per heavy atom. The fourth-order valence-corrected chi connectivity index (χ4v) is 3.68. The third kappa shape index (κ3) is 5.25. The van der Waals surface area contributed by atoms with Gasteiger partial charge < -0.3 is 15.7 Å². The Bertz CT molecular complexity index is 568. The van der Waals surface area contributed by atoms with Gasteiger partial charge in [-0.1, -0.05) is 42.0 Å². The Kier molecular flexibility index (Phi) is 6.69. The molecule has 0 unspecified atom stereocenters. The van der Waals surface area contributed by atoms with Crippen molar-refractivity contribution in [3.63, 3.8) is 0 Å². The fraction of sp³-hybridized carbons (Fsp3) is 0.526. The molecule has 4 nitrogen and oxygen atoms in total. The Balaban J connectivity index is 0.00000208. The minimum atomic E-state index is -0.898. The molecule has 0 bridgehead atoms. The molecule has 3 rings (SSSR count). The Morgan fingerprint density at radius 2 is 1.75 bits per heavy atom. The SMILES string of the molecule is C/C(=C\c1ccccc1)[C@H]1C[C@@H]1N[C@H]1CC[C@H](NC(=O)O)CC1.Cl. The summed E-state index contributed by atoms with van der Waals surface area (Å²) in [6, 6.07) is 11.8. The largest absolute Gasteiger partial charge is 0.465 e. The molecule has 2 aliphatic rings. The second-order valence-electron chi connectivity index (χ2n) is 6.91. The summed E-state index contributed by atoms with van der Waals surface area (Å²) in [6.07, 6.45) is 6.64. The lowest BCUT2D eigenvalue weighted by Gasteiger charge is -2.29. The van der Waals surface area contributed by atoms with Crippen LogP contribution in [0.25, 0.3) is 6.08 Å². The van der Waals surface area contributed by atoms with E-state index in [2.05, 4.69) is 47.9 Å². The molecular formula is C19H27ClN2O2. The van der Waals surface area contributed by atoms with Gasteiger partial charge in [0.05, 0.1) is 0 Å². The number of halogens is 1. The van der Waals surface area contributed by atoms with E-state index >= 15 is 0 Å². The molecule has 1 amide bonds. The van der Waals surface area contributed by atoms with Crippen molar-refractivity contribution in [1.29, 1.82) is 0 Å². The summed E-state index contributed by atoms with van der Waals surface area (Å²) in [4.78, 5) is 10.7. The van der Waals surface area contributed by atoms with Gasteiger partial charge in [0.25, 0.3) is 0 Å². The van der Waals surface area contributed by atoms with E-state index < -0.39 is 6.09 Å². The van der Waals surface area contributed by atoms with Crippen LogP contribution in [0.15, 0.2) is 35.9 Å². The van der Waals surface area contributed by atoms with Crippen LogP contribution in [0.1, 0.15) is 44.6 Å². The summed E-state index contributed by atoms with van der Waals surface area (Å²) in [7, 11) is 0. The molecule has 5 heteroatoms. The molecule has 0 heterocycles. The molecule has 2 fully saturated rings. The summed E-state index contributed by atoms with van der Waals surface area (Å²) in [5.41, 5.74) is 2.73. The summed E-state index contributed by atoms with van der Waals surface area (Å²) in [5, 5.41) is 15.1. The number of hydrogen-bond acceptors (Lipinski definition) is 2. The van der Waals surface area contributed by atoms with Gasteiger partial charge in [0.2, 0.25) is 0 Å². The Hall–Kier alpha value is -1.52. The number of carbonyl (C=O) groups is 1. The van der Waals surface area contributed by atoms with Crippen molar-refractivity contribution in [2.75, 3.05) is 0 Å². The van der Waals surface area contributed by atoms with Crippen molar-refractivity contribution in [3.8, 4) is 0 Å². The minimum absolute atomic E-state index is 0. The summed E-state index contributed by atoms with van der Waals surface area (Å²) in [5.74, 6) is 0.657. The molecule has 3 N–H and O–H groups in total. The lowest BCUT2D eigenvalue weighted by molar-refractivity contribution is 0.183. The topological polar surface area (TPSA) is 61.4 Å². The van der Waals surface area contributed by atoms with Crippen molar-refractivity contribution in [2.45, 2.75) is 57.2 Å². The molecule has 0 aromatic heterocycles. The first kappa shape index (κ1) is 18.8. The number of amides is 1. The van der Waals surface area contributed by atoms with Gasteiger partial charge in [0, 0.05) is 18.1 Å². The quantitative estimate of drug-likeness (QED) is 0.750. The molecule has 132 valence electrons. The highest BCUT2D eigenvalue weighted by molar-refractivity contribution is 5.85. The molecule has 1 aromatic carbocycles. The predicted molar refractivity (Wildman–Crippen MR) is 99.6 cm³/mol. The van der Waals surface area contributed by atoms with E-state index in [4.69, 9.17) is 5.11 Å². The van der Waals surface area contributed by atoms with E-state index in [9.17, 15) is 4.79 Å². The predicted octanol–water partition coefficient (Wildman–Crippen LogP) is 4.07. The van der Waals surface area contributed by atoms with E-state index in [1.54, 1.807) is 0 Å². The third-order valence-electron chi connectivity index (χ3n) is 5.07. The molecule has 0 radical (unpaired) electrons. The van der Waals surface area contributed by atoms with Gasteiger partial charge in [0.15, 0.2) is 0 Å². The van der Waals surface area contributed by atoms with Crippen LogP contribution in [0, 0.1) is 5.92 Å². The van der Waals surface area contributed by atoms with Crippen molar-refractivity contribution in [3.05, 3.63) is 41.5 Å². The van der Waals surface area contributed by atoms with Crippen molar-refractivity contribution >= 4 is 24.6 Å². The normalized spacial score (nSPS) is 29.5. The van der Waals surface area contributed by atoms with Crippen LogP contribution in [-0.4, -0.2) is 29.3 Å².